The van der Waals surface area contributed by atoms with Crippen LogP contribution in [0.4, 0.5) is 0 Å². The standard InChI is InChI=1S/C12H24N2/c1-2-10-4-3-5-12(7-6-10)14-8-11(13)9-14/h10-12H,2-9,13H2,1H3. The van der Waals surface area contributed by atoms with Crippen LogP contribution < -0.4 is 5.73 Å². The van der Waals surface area contributed by atoms with E-state index in [4.69, 9.17) is 5.73 Å². The van der Waals surface area contributed by atoms with Gasteiger partial charge in [-0.25, -0.2) is 0 Å². The topological polar surface area (TPSA) is 29.3 Å². The van der Waals surface area contributed by atoms with Crippen LogP contribution in [0.5, 0.6) is 0 Å². The Morgan fingerprint density at radius 2 is 1.93 bits per heavy atom. The minimum atomic E-state index is 0.472. The van der Waals surface area contributed by atoms with E-state index in [9.17, 15) is 0 Å². The van der Waals surface area contributed by atoms with E-state index in [0.717, 1.165) is 25.0 Å². The molecule has 1 saturated heterocycles. The van der Waals surface area contributed by atoms with Crippen LogP contribution in [0, 0.1) is 5.92 Å². The van der Waals surface area contributed by atoms with E-state index in [1.165, 1.54) is 38.5 Å². The van der Waals surface area contributed by atoms with E-state index >= 15 is 0 Å². The van der Waals surface area contributed by atoms with Gasteiger partial charge < -0.3 is 5.73 Å². The minimum absolute atomic E-state index is 0.472. The van der Waals surface area contributed by atoms with Crippen molar-refractivity contribution in [2.75, 3.05) is 13.1 Å². The Morgan fingerprint density at radius 1 is 1.14 bits per heavy atom. The van der Waals surface area contributed by atoms with Gasteiger partial charge in [-0.05, 0) is 25.2 Å². The molecule has 2 heteroatoms. The molecule has 1 aliphatic carbocycles. The van der Waals surface area contributed by atoms with Gasteiger partial charge in [0.2, 0.25) is 0 Å². The quantitative estimate of drug-likeness (QED) is 0.684. The third-order valence-corrected chi connectivity index (χ3v) is 4.09. The summed E-state index contributed by atoms with van der Waals surface area (Å²) >= 11 is 0. The van der Waals surface area contributed by atoms with Gasteiger partial charge in [0.25, 0.3) is 0 Å². The first-order valence-electron chi connectivity index (χ1n) is 6.29. The maximum absolute atomic E-state index is 5.83. The van der Waals surface area contributed by atoms with Crippen molar-refractivity contribution in [2.24, 2.45) is 11.7 Å². The van der Waals surface area contributed by atoms with Gasteiger partial charge in [0.05, 0.1) is 0 Å². The zero-order valence-electron chi connectivity index (χ0n) is 9.41. The summed E-state index contributed by atoms with van der Waals surface area (Å²) in [6, 6.07) is 1.34. The lowest BCUT2D eigenvalue weighted by Gasteiger charge is -2.42. The van der Waals surface area contributed by atoms with Gasteiger partial charge in [0.1, 0.15) is 0 Å². The van der Waals surface area contributed by atoms with E-state index in [1.807, 2.05) is 0 Å². The van der Waals surface area contributed by atoms with Crippen LogP contribution in [0.15, 0.2) is 0 Å². The van der Waals surface area contributed by atoms with Crippen molar-refractivity contribution in [1.82, 2.24) is 4.90 Å². The first kappa shape index (κ1) is 10.4. The second-order valence-corrected chi connectivity index (χ2v) is 5.15. The van der Waals surface area contributed by atoms with Crippen molar-refractivity contribution in [3.8, 4) is 0 Å². The van der Waals surface area contributed by atoms with E-state index < -0.39 is 0 Å². The van der Waals surface area contributed by atoms with Crippen molar-refractivity contribution in [3.63, 3.8) is 0 Å². The number of hydrogen-bond acceptors (Lipinski definition) is 2. The minimum Gasteiger partial charge on any atom is -0.325 e. The molecule has 0 aromatic heterocycles. The van der Waals surface area contributed by atoms with Gasteiger partial charge >= 0.3 is 0 Å². The second kappa shape index (κ2) is 4.63. The Labute approximate surface area is 87.8 Å². The molecule has 0 bridgehead atoms. The molecule has 1 saturated carbocycles. The average Bonchev–Trinajstić information content (AvgIpc) is 2.37. The van der Waals surface area contributed by atoms with E-state index in [-0.39, 0.29) is 0 Å². The molecule has 1 aliphatic heterocycles. The van der Waals surface area contributed by atoms with Crippen molar-refractivity contribution >= 4 is 0 Å². The van der Waals surface area contributed by atoms with Crippen molar-refractivity contribution in [2.45, 2.75) is 57.5 Å². The van der Waals surface area contributed by atoms with Crippen molar-refractivity contribution in [3.05, 3.63) is 0 Å². The van der Waals surface area contributed by atoms with Crippen molar-refractivity contribution < 1.29 is 0 Å². The molecule has 2 fully saturated rings. The monoisotopic (exact) mass is 196 g/mol. The van der Waals surface area contributed by atoms with Crippen LogP contribution >= 0.6 is 0 Å². The molecule has 0 spiro atoms. The Morgan fingerprint density at radius 3 is 2.57 bits per heavy atom. The lowest BCUT2D eigenvalue weighted by atomic mass is 9.97. The zero-order valence-corrected chi connectivity index (χ0v) is 9.41. The smallest absolute Gasteiger partial charge is 0.0297 e. The molecule has 0 radical (unpaired) electrons. The van der Waals surface area contributed by atoms with Crippen LogP contribution in [-0.4, -0.2) is 30.1 Å². The lowest BCUT2D eigenvalue weighted by molar-refractivity contribution is 0.0839. The van der Waals surface area contributed by atoms with E-state index in [1.54, 1.807) is 0 Å². The van der Waals surface area contributed by atoms with Gasteiger partial charge in [-0.2, -0.15) is 0 Å². The summed E-state index contributed by atoms with van der Waals surface area (Å²) in [6.07, 6.45) is 8.58. The largest absolute Gasteiger partial charge is 0.325 e. The lowest BCUT2D eigenvalue weighted by Crippen LogP contribution is -2.59. The summed E-state index contributed by atoms with van der Waals surface area (Å²) < 4.78 is 0. The van der Waals surface area contributed by atoms with Crippen LogP contribution in [-0.2, 0) is 0 Å². The van der Waals surface area contributed by atoms with E-state index in [0.29, 0.717) is 6.04 Å². The second-order valence-electron chi connectivity index (χ2n) is 5.15. The molecule has 14 heavy (non-hydrogen) atoms. The Kier molecular flexibility index (Phi) is 3.45. The molecule has 0 aromatic carbocycles. The summed E-state index contributed by atoms with van der Waals surface area (Å²) in [5, 5.41) is 0. The highest BCUT2D eigenvalue weighted by Gasteiger charge is 2.30. The molecule has 2 aliphatic rings. The highest BCUT2D eigenvalue weighted by molar-refractivity contribution is 4.89. The number of rotatable bonds is 2. The van der Waals surface area contributed by atoms with Crippen LogP contribution in [0.3, 0.4) is 0 Å². The molecule has 0 aromatic rings. The van der Waals surface area contributed by atoms with Gasteiger partial charge in [0, 0.05) is 25.2 Å². The molecule has 0 amide bonds. The number of nitrogens with zero attached hydrogens (tertiary/aromatic N) is 1. The highest BCUT2D eigenvalue weighted by Crippen LogP contribution is 2.29. The first-order valence-corrected chi connectivity index (χ1v) is 6.29. The van der Waals surface area contributed by atoms with Crippen LogP contribution in [0.2, 0.25) is 0 Å². The van der Waals surface area contributed by atoms with Gasteiger partial charge in [-0.1, -0.05) is 26.2 Å². The molecular formula is C12H24N2. The van der Waals surface area contributed by atoms with E-state index in [2.05, 4.69) is 11.8 Å². The summed E-state index contributed by atoms with van der Waals surface area (Å²) in [5.74, 6) is 1.01. The summed E-state index contributed by atoms with van der Waals surface area (Å²) in [6.45, 7) is 4.65. The molecule has 1 heterocycles. The average molecular weight is 196 g/mol. The summed E-state index contributed by atoms with van der Waals surface area (Å²) in [5.41, 5.74) is 5.83. The third-order valence-electron chi connectivity index (χ3n) is 4.09. The molecule has 2 nitrogen and oxygen atoms in total. The molecule has 2 atom stereocenters. The predicted molar refractivity (Wildman–Crippen MR) is 60.2 cm³/mol. The normalized spacial score (nSPS) is 36.4. The molecule has 2 unspecified atom stereocenters. The van der Waals surface area contributed by atoms with Crippen LogP contribution in [0.25, 0.3) is 0 Å². The van der Waals surface area contributed by atoms with Gasteiger partial charge in [-0.15, -0.1) is 0 Å². The maximum Gasteiger partial charge on any atom is 0.0297 e. The number of nitrogens with two attached hydrogens (primary N) is 1. The number of hydrogen-bond donors (Lipinski definition) is 1. The maximum atomic E-state index is 5.83. The first-order chi connectivity index (χ1) is 6.79. The molecule has 82 valence electrons. The zero-order chi connectivity index (χ0) is 9.97. The SMILES string of the molecule is CCC1CCCC(N2CC(N)C2)CC1. The highest BCUT2D eigenvalue weighted by atomic mass is 15.2. The fraction of sp³-hybridized carbons (Fsp3) is 1.00. The Balaban J connectivity index is 1.78. The third kappa shape index (κ3) is 2.29. The summed E-state index contributed by atoms with van der Waals surface area (Å²) in [7, 11) is 0. The fourth-order valence-corrected chi connectivity index (χ4v) is 2.98. The predicted octanol–water partition coefficient (Wildman–Crippen LogP) is 1.99. The number of likely N-dealkylation sites (tertiary alicyclic amines) is 1. The molecule has 2 rings (SSSR count). The Hall–Kier alpha value is -0.0800. The Bertz CT molecular complexity index is 175. The van der Waals surface area contributed by atoms with Gasteiger partial charge in [0.15, 0.2) is 0 Å². The van der Waals surface area contributed by atoms with Crippen LogP contribution in [0.1, 0.15) is 45.4 Å². The molecule has 2 N–H and O–H groups in total. The van der Waals surface area contributed by atoms with Crippen molar-refractivity contribution in [1.29, 1.82) is 0 Å². The fourth-order valence-electron chi connectivity index (χ4n) is 2.98. The summed E-state index contributed by atoms with van der Waals surface area (Å²) in [4.78, 5) is 2.60. The molecular weight excluding hydrogens is 172 g/mol. The van der Waals surface area contributed by atoms with Gasteiger partial charge in [-0.3, -0.25) is 4.90 Å².